The van der Waals surface area contributed by atoms with Crippen LogP contribution in [0.3, 0.4) is 0 Å². The van der Waals surface area contributed by atoms with Gasteiger partial charge in [-0.2, -0.15) is 0 Å². The van der Waals surface area contributed by atoms with Crippen LogP contribution in [0.25, 0.3) is 0 Å². The molecule has 2 heterocycles. The number of hydrogen-bond acceptors (Lipinski definition) is 4. The molecule has 1 unspecified atom stereocenters. The third kappa shape index (κ3) is 2.27. The molecular formula is C12H11NO5. The van der Waals surface area contributed by atoms with E-state index in [0.29, 0.717) is 5.76 Å². The molecule has 6 heteroatoms. The summed E-state index contributed by atoms with van der Waals surface area (Å²) in [6.07, 6.45) is 2.66. The number of carboxylic acids is 1. The highest BCUT2D eigenvalue weighted by Gasteiger charge is 2.22. The Bertz CT molecular complexity index is 555. The van der Waals surface area contributed by atoms with E-state index in [2.05, 4.69) is 5.32 Å². The van der Waals surface area contributed by atoms with Crippen LogP contribution < -0.4 is 5.32 Å². The summed E-state index contributed by atoms with van der Waals surface area (Å²) in [5.74, 6) is -1.45. The van der Waals surface area contributed by atoms with Gasteiger partial charge in [0.15, 0.2) is 0 Å². The second-order valence-corrected chi connectivity index (χ2v) is 3.68. The highest BCUT2D eigenvalue weighted by Crippen LogP contribution is 2.15. The largest absolute Gasteiger partial charge is 0.478 e. The van der Waals surface area contributed by atoms with E-state index in [-0.39, 0.29) is 17.4 Å². The lowest BCUT2D eigenvalue weighted by molar-refractivity contribution is 0.0687. The Hall–Kier alpha value is -2.50. The van der Waals surface area contributed by atoms with E-state index in [4.69, 9.17) is 13.9 Å². The summed E-state index contributed by atoms with van der Waals surface area (Å²) in [6, 6.07) is 4.27. The molecule has 0 aliphatic rings. The van der Waals surface area contributed by atoms with Gasteiger partial charge in [0.25, 0.3) is 5.91 Å². The van der Waals surface area contributed by atoms with Gasteiger partial charge in [-0.15, -0.1) is 0 Å². The van der Waals surface area contributed by atoms with E-state index >= 15 is 0 Å². The molecule has 6 nitrogen and oxygen atoms in total. The highest BCUT2D eigenvalue weighted by molar-refractivity contribution is 6.02. The van der Waals surface area contributed by atoms with Crippen molar-refractivity contribution in [2.75, 3.05) is 0 Å². The molecule has 0 spiro atoms. The van der Waals surface area contributed by atoms with E-state index in [1.54, 1.807) is 19.1 Å². The fraction of sp³-hybridized carbons (Fsp3) is 0.167. The van der Waals surface area contributed by atoms with Crippen LogP contribution in [0, 0.1) is 0 Å². The number of carboxylic acid groups (broad SMARTS) is 1. The van der Waals surface area contributed by atoms with Gasteiger partial charge in [-0.3, -0.25) is 4.79 Å². The van der Waals surface area contributed by atoms with Crippen LogP contribution >= 0.6 is 0 Å². The molecule has 1 atom stereocenters. The molecule has 2 aromatic rings. The Labute approximate surface area is 102 Å². The lowest BCUT2D eigenvalue weighted by atomic mass is 10.2. The third-order valence-electron chi connectivity index (χ3n) is 2.42. The third-order valence-corrected chi connectivity index (χ3v) is 2.42. The topological polar surface area (TPSA) is 92.7 Å². The van der Waals surface area contributed by atoms with Crippen molar-refractivity contribution in [2.45, 2.75) is 13.0 Å². The lowest BCUT2D eigenvalue weighted by Gasteiger charge is -2.10. The summed E-state index contributed by atoms with van der Waals surface area (Å²) in [5, 5.41) is 11.5. The first-order valence-electron chi connectivity index (χ1n) is 5.24. The number of amides is 1. The summed E-state index contributed by atoms with van der Waals surface area (Å²) < 4.78 is 10.0. The summed E-state index contributed by atoms with van der Waals surface area (Å²) in [4.78, 5) is 22.7. The van der Waals surface area contributed by atoms with Crippen LogP contribution in [0.5, 0.6) is 0 Å². The van der Waals surface area contributed by atoms with Gasteiger partial charge < -0.3 is 19.3 Å². The predicted molar refractivity (Wildman–Crippen MR) is 60.3 cm³/mol. The van der Waals surface area contributed by atoms with Crippen molar-refractivity contribution in [3.63, 3.8) is 0 Å². The monoisotopic (exact) mass is 249 g/mol. The Kier molecular flexibility index (Phi) is 3.18. The predicted octanol–water partition coefficient (Wildman–Crippen LogP) is 2.06. The normalized spacial score (nSPS) is 12.1. The van der Waals surface area contributed by atoms with Crippen molar-refractivity contribution in [1.29, 1.82) is 0 Å². The number of carbonyl (C=O) groups is 2. The maximum absolute atomic E-state index is 11.8. The molecule has 0 radical (unpaired) electrons. The fourth-order valence-electron chi connectivity index (χ4n) is 1.52. The van der Waals surface area contributed by atoms with Gasteiger partial charge >= 0.3 is 5.97 Å². The Morgan fingerprint density at radius 1 is 1.28 bits per heavy atom. The number of rotatable bonds is 4. The van der Waals surface area contributed by atoms with Crippen molar-refractivity contribution in [1.82, 2.24) is 5.32 Å². The van der Waals surface area contributed by atoms with Crippen molar-refractivity contribution in [3.8, 4) is 0 Å². The minimum atomic E-state index is -1.21. The van der Waals surface area contributed by atoms with Crippen molar-refractivity contribution < 1.29 is 23.5 Å². The second kappa shape index (κ2) is 4.79. The number of nitrogens with one attached hydrogen (secondary N) is 1. The van der Waals surface area contributed by atoms with Gasteiger partial charge in [0.1, 0.15) is 11.3 Å². The van der Waals surface area contributed by atoms with E-state index in [1.807, 2.05) is 0 Å². The zero-order chi connectivity index (χ0) is 13.1. The van der Waals surface area contributed by atoms with Gasteiger partial charge in [-0.05, 0) is 25.1 Å². The molecule has 2 rings (SSSR count). The summed E-state index contributed by atoms with van der Waals surface area (Å²) in [6.45, 7) is 1.72. The first-order chi connectivity index (χ1) is 8.59. The zero-order valence-electron chi connectivity index (χ0n) is 9.54. The minimum absolute atomic E-state index is 0.167. The molecule has 2 aromatic heterocycles. The number of furan rings is 2. The van der Waals surface area contributed by atoms with Gasteiger partial charge in [-0.1, -0.05) is 0 Å². The molecule has 18 heavy (non-hydrogen) atoms. The zero-order valence-corrected chi connectivity index (χ0v) is 9.54. The molecule has 0 saturated carbocycles. The molecule has 0 fully saturated rings. The van der Waals surface area contributed by atoms with E-state index in [9.17, 15) is 9.59 Å². The van der Waals surface area contributed by atoms with Crippen LogP contribution in [0.2, 0.25) is 0 Å². The van der Waals surface area contributed by atoms with E-state index in [1.165, 1.54) is 12.3 Å². The number of hydrogen-bond donors (Lipinski definition) is 2. The maximum Gasteiger partial charge on any atom is 0.339 e. The van der Waals surface area contributed by atoms with Crippen LogP contribution in [-0.4, -0.2) is 17.0 Å². The van der Waals surface area contributed by atoms with Gasteiger partial charge in [0.2, 0.25) is 5.76 Å². The van der Waals surface area contributed by atoms with Gasteiger partial charge in [-0.25, -0.2) is 4.79 Å². The van der Waals surface area contributed by atoms with Crippen molar-refractivity contribution in [3.05, 3.63) is 47.8 Å². The molecule has 0 aliphatic heterocycles. The Morgan fingerprint density at radius 3 is 2.67 bits per heavy atom. The Balaban J connectivity index is 2.13. The SMILES string of the molecule is CC(NC(=O)c1occc1C(=O)O)c1ccco1. The molecule has 0 bridgehead atoms. The van der Waals surface area contributed by atoms with Crippen molar-refractivity contribution >= 4 is 11.9 Å². The first kappa shape index (κ1) is 12.0. The average Bonchev–Trinajstić information content (AvgIpc) is 3.00. The molecule has 0 saturated heterocycles. The molecule has 2 N–H and O–H groups in total. The first-order valence-corrected chi connectivity index (χ1v) is 5.24. The van der Waals surface area contributed by atoms with Crippen LogP contribution in [0.4, 0.5) is 0 Å². The summed E-state index contributed by atoms with van der Waals surface area (Å²) >= 11 is 0. The molecule has 94 valence electrons. The van der Waals surface area contributed by atoms with Crippen LogP contribution in [-0.2, 0) is 0 Å². The number of aromatic carboxylic acids is 1. The van der Waals surface area contributed by atoms with E-state index < -0.39 is 11.9 Å². The van der Waals surface area contributed by atoms with Crippen LogP contribution in [0.1, 0.15) is 39.6 Å². The maximum atomic E-state index is 11.8. The highest BCUT2D eigenvalue weighted by atomic mass is 16.4. The lowest BCUT2D eigenvalue weighted by Crippen LogP contribution is -2.27. The molecule has 1 amide bonds. The number of carbonyl (C=O) groups excluding carboxylic acids is 1. The second-order valence-electron chi connectivity index (χ2n) is 3.68. The summed E-state index contributed by atoms with van der Waals surface area (Å²) in [5.41, 5.74) is -0.167. The van der Waals surface area contributed by atoms with Gasteiger partial charge in [0.05, 0.1) is 18.6 Å². The average molecular weight is 249 g/mol. The molecular weight excluding hydrogens is 238 g/mol. The summed E-state index contributed by atoms with van der Waals surface area (Å²) in [7, 11) is 0. The molecule has 0 aromatic carbocycles. The van der Waals surface area contributed by atoms with Crippen LogP contribution in [0.15, 0.2) is 39.6 Å². The fourth-order valence-corrected chi connectivity index (χ4v) is 1.52. The van der Waals surface area contributed by atoms with Crippen molar-refractivity contribution in [2.24, 2.45) is 0 Å². The molecule has 0 aliphatic carbocycles. The van der Waals surface area contributed by atoms with Gasteiger partial charge in [0, 0.05) is 0 Å². The quantitative estimate of drug-likeness (QED) is 0.865. The smallest absolute Gasteiger partial charge is 0.339 e. The Morgan fingerprint density at radius 2 is 2.06 bits per heavy atom. The minimum Gasteiger partial charge on any atom is -0.478 e. The standard InChI is InChI=1S/C12H11NO5/c1-7(9-3-2-5-17-9)13-11(14)10-8(12(15)16)4-6-18-10/h2-7H,1H3,(H,13,14)(H,15,16). The van der Waals surface area contributed by atoms with E-state index in [0.717, 1.165) is 6.26 Å².